The van der Waals surface area contributed by atoms with Gasteiger partial charge in [0.25, 0.3) is 0 Å². The monoisotopic (exact) mass is 385 g/mol. The second-order valence-electron chi connectivity index (χ2n) is 10.4. The number of fused-ring (bicyclic) bond motifs is 1. The maximum atomic E-state index is 12.0. The van der Waals surface area contributed by atoms with Crippen molar-refractivity contribution in [1.29, 1.82) is 0 Å². The Morgan fingerprint density at radius 1 is 1.21 bits per heavy atom. The summed E-state index contributed by atoms with van der Waals surface area (Å²) in [6, 6.07) is 7.18. The lowest BCUT2D eigenvalue weighted by atomic mass is 9.45. The second-order valence-corrected chi connectivity index (χ2v) is 10.4. The summed E-state index contributed by atoms with van der Waals surface area (Å²) in [6.07, 6.45) is 7.62. The summed E-state index contributed by atoms with van der Waals surface area (Å²) in [6.45, 7) is 9.25. The number of esters is 1. The summed E-state index contributed by atoms with van der Waals surface area (Å²) in [5.74, 6) is 0.585. The Morgan fingerprint density at radius 2 is 1.96 bits per heavy atom. The molecule has 3 aliphatic rings. The predicted molar refractivity (Wildman–Crippen MR) is 110 cm³/mol. The Bertz CT molecular complexity index is 768. The van der Waals surface area contributed by atoms with Crippen LogP contribution in [0.25, 0.3) is 0 Å². The molecule has 0 amide bonds. The molecule has 1 saturated heterocycles. The predicted octanol–water partition coefficient (Wildman–Crippen LogP) is 4.69. The number of carbonyl (C=O) groups excluding carboxylic acids is 1. The molecule has 1 heterocycles. The molecule has 0 unspecified atom stereocenters. The lowest BCUT2D eigenvalue weighted by molar-refractivity contribution is -0.159. The van der Waals surface area contributed by atoms with E-state index in [9.17, 15) is 4.79 Å². The fraction of sp³-hybridized carbons (Fsp3) is 0.708. The van der Waals surface area contributed by atoms with Crippen molar-refractivity contribution >= 4 is 5.97 Å². The molecule has 2 bridgehead atoms. The average molecular weight is 386 g/mol. The van der Waals surface area contributed by atoms with Crippen LogP contribution in [-0.2, 0) is 21.4 Å². The van der Waals surface area contributed by atoms with Crippen LogP contribution < -0.4 is 4.74 Å². The summed E-state index contributed by atoms with van der Waals surface area (Å²) in [7, 11) is 2.31. The maximum Gasteiger partial charge on any atom is 0.314 e. The minimum Gasteiger partial charge on any atom is -0.457 e. The molecule has 1 aromatic carbocycles. The fourth-order valence-electron chi connectivity index (χ4n) is 6.15. The molecule has 28 heavy (non-hydrogen) atoms. The lowest BCUT2D eigenvalue weighted by Crippen LogP contribution is -2.66. The third kappa shape index (κ3) is 2.96. The van der Waals surface area contributed by atoms with Gasteiger partial charge in [0.1, 0.15) is 5.75 Å². The number of carbonyl (C=O) groups is 1. The van der Waals surface area contributed by atoms with Crippen molar-refractivity contribution in [2.24, 2.45) is 10.8 Å². The largest absolute Gasteiger partial charge is 0.457 e. The summed E-state index contributed by atoms with van der Waals surface area (Å²) >= 11 is 0. The van der Waals surface area contributed by atoms with Gasteiger partial charge in [-0.25, -0.2) is 0 Å². The van der Waals surface area contributed by atoms with Crippen LogP contribution in [0, 0.1) is 10.8 Å². The highest BCUT2D eigenvalue weighted by Gasteiger charge is 2.60. The fourth-order valence-corrected chi connectivity index (χ4v) is 6.15. The Hall–Kier alpha value is -1.55. The molecule has 0 radical (unpaired) electrons. The maximum absolute atomic E-state index is 12.0. The van der Waals surface area contributed by atoms with Crippen LogP contribution in [0.5, 0.6) is 5.75 Å². The van der Waals surface area contributed by atoms with E-state index < -0.39 is 5.41 Å². The standard InChI is InChI=1S/C24H35NO3/c1-22(2,3)21(26)28-16-27-18-9-8-17-14-20-23(4)10-6-7-11-24(23,19(17)15-18)12-13-25(20)5/h8-9,15,20H,6-7,10-14,16H2,1-5H3/t20-,23+,24+/m0/s1. The van der Waals surface area contributed by atoms with Crippen molar-refractivity contribution in [3.8, 4) is 5.75 Å². The Balaban J connectivity index is 1.60. The SMILES string of the molecule is CN1CC[C@@]23CCCC[C@]2(C)[C@@H]1Cc1ccc(OCOC(=O)C(C)(C)C)cc13. The van der Waals surface area contributed by atoms with Crippen molar-refractivity contribution < 1.29 is 14.3 Å². The first kappa shape index (κ1) is 19.8. The number of benzene rings is 1. The van der Waals surface area contributed by atoms with Crippen molar-refractivity contribution in [2.45, 2.75) is 77.7 Å². The number of likely N-dealkylation sites (tertiary alicyclic amines) is 1. The van der Waals surface area contributed by atoms with Gasteiger partial charge in [-0.3, -0.25) is 4.79 Å². The van der Waals surface area contributed by atoms with E-state index in [4.69, 9.17) is 9.47 Å². The van der Waals surface area contributed by atoms with Gasteiger partial charge in [0.05, 0.1) is 5.41 Å². The van der Waals surface area contributed by atoms with E-state index in [0.29, 0.717) is 11.5 Å². The van der Waals surface area contributed by atoms with Crippen LogP contribution in [0.15, 0.2) is 18.2 Å². The summed E-state index contributed by atoms with van der Waals surface area (Å²) in [5.41, 5.74) is 3.07. The summed E-state index contributed by atoms with van der Waals surface area (Å²) < 4.78 is 11.2. The van der Waals surface area contributed by atoms with E-state index in [0.717, 1.165) is 12.2 Å². The van der Waals surface area contributed by atoms with Crippen molar-refractivity contribution in [3.63, 3.8) is 0 Å². The summed E-state index contributed by atoms with van der Waals surface area (Å²) in [5, 5.41) is 0. The van der Waals surface area contributed by atoms with Crippen molar-refractivity contribution in [2.75, 3.05) is 20.4 Å². The number of nitrogens with zero attached hydrogens (tertiary/aromatic N) is 1. The van der Waals surface area contributed by atoms with Gasteiger partial charge >= 0.3 is 5.97 Å². The molecule has 1 saturated carbocycles. The van der Waals surface area contributed by atoms with E-state index in [1.54, 1.807) is 0 Å². The van der Waals surface area contributed by atoms with E-state index >= 15 is 0 Å². The van der Waals surface area contributed by atoms with Gasteiger partial charge in [-0.2, -0.15) is 0 Å². The van der Waals surface area contributed by atoms with Gasteiger partial charge < -0.3 is 14.4 Å². The number of rotatable bonds is 3. The number of ether oxygens (including phenoxy) is 2. The number of piperidine rings is 1. The molecular formula is C24H35NO3. The van der Waals surface area contributed by atoms with Crippen LogP contribution in [0.1, 0.15) is 70.9 Å². The van der Waals surface area contributed by atoms with Crippen LogP contribution >= 0.6 is 0 Å². The van der Waals surface area contributed by atoms with Crippen LogP contribution in [0.2, 0.25) is 0 Å². The average Bonchev–Trinajstić information content (AvgIpc) is 2.64. The summed E-state index contributed by atoms with van der Waals surface area (Å²) in [4.78, 5) is 14.6. The Labute approximate surface area is 169 Å². The zero-order valence-electron chi connectivity index (χ0n) is 18.1. The highest BCUT2D eigenvalue weighted by atomic mass is 16.7. The van der Waals surface area contributed by atoms with Crippen molar-refractivity contribution in [1.82, 2.24) is 4.90 Å². The van der Waals surface area contributed by atoms with Crippen LogP contribution in [0.4, 0.5) is 0 Å². The van der Waals surface area contributed by atoms with Crippen LogP contribution in [-0.4, -0.2) is 37.3 Å². The zero-order chi connectivity index (χ0) is 20.2. The third-order valence-corrected chi connectivity index (χ3v) is 7.84. The Kier molecular flexibility index (Phi) is 4.77. The normalized spacial score (nSPS) is 32.2. The molecule has 0 spiro atoms. The molecule has 2 fully saturated rings. The van der Waals surface area contributed by atoms with E-state index in [1.165, 1.54) is 49.8 Å². The van der Waals surface area contributed by atoms with Gasteiger partial charge in [-0.1, -0.05) is 25.8 Å². The van der Waals surface area contributed by atoms with Gasteiger partial charge in [0.15, 0.2) is 0 Å². The van der Waals surface area contributed by atoms with Gasteiger partial charge in [0.2, 0.25) is 6.79 Å². The molecule has 0 N–H and O–H groups in total. The van der Waals surface area contributed by atoms with Crippen molar-refractivity contribution in [3.05, 3.63) is 29.3 Å². The molecule has 3 atom stereocenters. The third-order valence-electron chi connectivity index (χ3n) is 7.84. The quantitative estimate of drug-likeness (QED) is 0.559. The minimum atomic E-state index is -0.509. The van der Waals surface area contributed by atoms with E-state index in [1.807, 2.05) is 26.8 Å². The number of hydrogen-bond donors (Lipinski definition) is 0. The van der Waals surface area contributed by atoms with E-state index in [2.05, 4.69) is 31.0 Å². The van der Waals surface area contributed by atoms with E-state index in [-0.39, 0.29) is 18.2 Å². The first-order valence-electron chi connectivity index (χ1n) is 10.8. The molecule has 4 rings (SSSR count). The molecule has 1 aromatic rings. The second kappa shape index (κ2) is 6.76. The molecule has 1 aliphatic heterocycles. The number of likely N-dealkylation sites (N-methyl/N-ethyl adjacent to an activating group) is 1. The molecule has 2 aliphatic carbocycles. The Morgan fingerprint density at radius 3 is 2.71 bits per heavy atom. The van der Waals surface area contributed by atoms with Gasteiger partial charge in [-0.15, -0.1) is 0 Å². The van der Waals surface area contributed by atoms with Gasteiger partial charge in [-0.05, 0) is 88.7 Å². The molecule has 154 valence electrons. The zero-order valence-corrected chi connectivity index (χ0v) is 18.1. The highest BCUT2D eigenvalue weighted by molar-refractivity contribution is 5.75. The first-order valence-corrected chi connectivity index (χ1v) is 10.8. The molecule has 4 nitrogen and oxygen atoms in total. The number of hydrogen-bond acceptors (Lipinski definition) is 4. The molecule has 4 heteroatoms. The lowest BCUT2D eigenvalue weighted by Gasteiger charge is -2.65. The smallest absolute Gasteiger partial charge is 0.314 e. The highest BCUT2D eigenvalue weighted by Crippen LogP contribution is 2.62. The van der Waals surface area contributed by atoms with Crippen LogP contribution in [0.3, 0.4) is 0 Å². The van der Waals surface area contributed by atoms with Gasteiger partial charge in [0, 0.05) is 11.5 Å². The first-order chi connectivity index (χ1) is 13.2. The topological polar surface area (TPSA) is 38.8 Å². The molecular weight excluding hydrogens is 350 g/mol. The molecule has 0 aromatic heterocycles. The minimum absolute atomic E-state index is 0.0233.